The van der Waals surface area contributed by atoms with Gasteiger partial charge in [0.2, 0.25) is 0 Å². The van der Waals surface area contributed by atoms with Crippen molar-refractivity contribution in [1.82, 2.24) is 4.90 Å². The summed E-state index contributed by atoms with van der Waals surface area (Å²) in [4.78, 5) is 13.8. The number of benzene rings is 1. The molecule has 0 spiro atoms. The third kappa shape index (κ3) is 4.29. The fourth-order valence-electron chi connectivity index (χ4n) is 1.82. The van der Waals surface area contributed by atoms with Crippen LogP contribution in [0.1, 0.15) is 26.3 Å². The van der Waals surface area contributed by atoms with Gasteiger partial charge in [-0.15, -0.1) is 0 Å². The van der Waals surface area contributed by atoms with Crippen molar-refractivity contribution in [3.05, 3.63) is 29.8 Å². The van der Waals surface area contributed by atoms with Crippen LogP contribution in [0.15, 0.2) is 24.3 Å². The van der Waals surface area contributed by atoms with Gasteiger partial charge in [0.1, 0.15) is 5.75 Å². The number of nitriles is 1. The molecule has 1 unspecified atom stereocenters. The van der Waals surface area contributed by atoms with Crippen LogP contribution in [-0.4, -0.2) is 30.0 Å². The van der Waals surface area contributed by atoms with Gasteiger partial charge in [0.25, 0.3) is 5.91 Å². The number of amides is 1. The third-order valence-corrected chi connectivity index (χ3v) is 2.94. The lowest BCUT2D eigenvalue weighted by Gasteiger charge is -2.23. The average Bonchev–Trinajstić information content (AvgIpc) is 2.42. The number of ether oxygens (including phenoxy) is 1. The molecule has 0 aliphatic carbocycles. The van der Waals surface area contributed by atoms with E-state index in [-0.39, 0.29) is 5.91 Å². The van der Waals surface area contributed by atoms with E-state index in [1.165, 1.54) is 0 Å². The van der Waals surface area contributed by atoms with Crippen molar-refractivity contribution in [3.63, 3.8) is 0 Å². The molecule has 1 aromatic rings. The van der Waals surface area contributed by atoms with Gasteiger partial charge in [-0.25, -0.2) is 0 Å². The number of nitrogens with zero attached hydrogens (tertiary/aromatic N) is 2. The van der Waals surface area contributed by atoms with Gasteiger partial charge in [0, 0.05) is 13.1 Å². The molecular formula is C15H20N2O2. The van der Waals surface area contributed by atoms with Crippen LogP contribution in [0.5, 0.6) is 5.75 Å². The smallest absolute Gasteiger partial charge is 0.263 e. The molecule has 0 bridgehead atoms. The lowest BCUT2D eigenvalue weighted by Crippen LogP contribution is -2.40. The van der Waals surface area contributed by atoms with E-state index in [1.807, 2.05) is 26.0 Å². The Hall–Kier alpha value is -2.02. The summed E-state index contributed by atoms with van der Waals surface area (Å²) in [5.74, 6) is 0.640. The van der Waals surface area contributed by atoms with Crippen molar-refractivity contribution in [2.45, 2.75) is 33.3 Å². The van der Waals surface area contributed by atoms with Gasteiger partial charge in [-0.2, -0.15) is 5.26 Å². The summed E-state index contributed by atoms with van der Waals surface area (Å²) in [5, 5.41) is 8.59. The Morgan fingerprint density at radius 3 is 2.37 bits per heavy atom. The Morgan fingerprint density at radius 1 is 1.32 bits per heavy atom. The standard InChI is InChI=1S/C15H20N2O2/c1-4-17(5-2)15(18)12(3)19-14-8-6-13(7-9-14)10-11-16/h6-9,12H,4-5,10H2,1-3H3. The maximum atomic E-state index is 12.0. The van der Waals surface area contributed by atoms with Crippen molar-refractivity contribution >= 4 is 5.91 Å². The van der Waals surface area contributed by atoms with E-state index in [0.29, 0.717) is 25.3 Å². The summed E-state index contributed by atoms with van der Waals surface area (Å²) in [6, 6.07) is 9.35. The van der Waals surface area contributed by atoms with Crippen molar-refractivity contribution in [3.8, 4) is 11.8 Å². The molecule has 0 radical (unpaired) electrons. The number of carbonyl (C=O) groups excluding carboxylic acids is 1. The molecule has 4 heteroatoms. The first-order valence-electron chi connectivity index (χ1n) is 6.53. The van der Waals surface area contributed by atoms with E-state index < -0.39 is 6.10 Å². The highest BCUT2D eigenvalue weighted by Crippen LogP contribution is 2.15. The van der Waals surface area contributed by atoms with Crippen LogP contribution in [-0.2, 0) is 11.2 Å². The Kier molecular flexibility index (Phi) is 5.87. The van der Waals surface area contributed by atoms with Gasteiger partial charge in [-0.05, 0) is 38.5 Å². The van der Waals surface area contributed by atoms with E-state index in [2.05, 4.69) is 6.07 Å². The largest absolute Gasteiger partial charge is 0.481 e. The minimum absolute atomic E-state index is 0.00824. The van der Waals surface area contributed by atoms with Crippen molar-refractivity contribution in [1.29, 1.82) is 5.26 Å². The number of carbonyl (C=O) groups is 1. The first-order chi connectivity index (χ1) is 9.12. The van der Waals surface area contributed by atoms with Crippen LogP contribution in [0.4, 0.5) is 0 Å². The Balaban J connectivity index is 2.63. The Labute approximate surface area is 114 Å². The fourth-order valence-corrected chi connectivity index (χ4v) is 1.82. The quantitative estimate of drug-likeness (QED) is 0.789. The van der Waals surface area contributed by atoms with E-state index >= 15 is 0 Å². The summed E-state index contributed by atoms with van der Waals surface area (Å²) in [5.41, 5.74) is 0.942. The average molecular weight is 260 g/mol. The molecule has 0 saturated carbocycles. The van der Waals surface area contributed by atoms with Gasteiger partial charge in [0.15, 0.2) is 6.10 Å². The third-order valence-electron chi connectivity index (χ3n) is 2.94. The maximum absolute atomic E-state index is 12.0. The molecule has 0 fully saturated rings. The second-order valence-corrected chi connectivity index (χ2v) is 4.25. The molecule has 4 nitrogen and oxygen atoms in total. The first kappa shape index (κ1) is 15.0. The molecule has 0 aromatic heterocycles. The van der Waals surface area contributed by atoms with Crippen molar-refractivity contribution in [2.75, 3.05) is 13.1 Å². The summed E-state index contributed by atoms with van der Waals surface area (Å²) in [6.45, 7) is 7.02. The molecule has 1 atom stereocenters. The van der Waals surface area contributed by atoms with Gasteiger partial charge in [0.05, 0.1) is 12.5 Å². The SMILES string of the molecule is CCN(CC)C(=O)C(C)Oc1ccc(CC#N)cc1. The topological polar surface area (TPSA) is 53.3 Å². The summed E-state index contributed by atoms with van der Waals surface area (Å²) in [7, 11) is 0. The lowest BCUT2D eigenvalue weighted by molar-refractivity contribution is -0.137. The number of hydrogen-bond acceptors (Lipinski definition) is 3. The molecule has 0 aliphatic rings. The summed E-state index contributed by atoms with van der Waals surface area (Å²) < 4.78 is 5.62. The van der Waals surface area contributed by atoms with Crippen LogP contribution >= 0.6 is 0 Å². The lowest BCUT2D eigenvalue weighted by atomic mass is 10.2. The summed E-state index contributed by atoms with van der Waals surface area (Å²) >= 11 is 0. The van der Waals surface area contributed by atoms with Crippen LogP contribution in [0, 0.1) is 11.3 Å². The Bertz CT molecular complexity index is 444. The molecule has 1 rings (SSSR count). The monoisotopic (exact) mass is 260 g/mol. The minimum Gasteiger partial charge on any atom is -0.481 e. The molecule has 1 aromatic carbocycles. The van der Waals surface area contributed by atoms with E-state index in [1.54, 1.807) is 24.0 Å². The molecule has 0 N–H and O–H groups in total. The number of rotatable bonds is 6. The highest BCUT2D eigenvalue weighted by molar-refractivity contribution is 5.80. The highest BCUT2D eigenvalue weighted by atomic mass is 16.5. The van der Waals surface area contributed by atoms with Crippen LogP contribution < -0.4 is 4.74 Å². The molecule has 0 heterocycles. The second kappa shape index (κ2) is 7.42. The minimum atomic E-state index is -0.498. The van der Waals surface area contributed by atoms with Crippen molar-refractivity contribution in [2.24, 2.45) is 0 Å². The first-order valence-corrected chi connectivity index (χ1v) is 6.53. The number of hydrogen-bond donors (Lipinski definition) is 0. The van der Waals surface area contributed by atoms with Crippen LogP contribution in [0.2, 0.25) is 0 Å². The maximum Gasteiger partial charge on any atom is 0.263 e. The van der Waals surface area contributed by atoms with Gasteiger partial charge in [-0.3, -0.25) is 4.79 Å². The zero-order valence-corrected chi connectivity index (χ0v) is 11.7. The highest BCUT2D eigenvalue weighted by Gasteiger charge is 2.19. The predicted molar refractivity (Wildman–Crippen MR) is 73.8 cm³/mol. The molecule has 102 valence electrons. The second-order valence-electron chi connectivity index (χ2n) is 4.25. The molecule has 0 saturated heterocycles. The Morgan fingerprint density at radius 2 is 1.89 bits per heavy atom. The van der Waals surface area contributed by atoms with Crippen LogP contribution in [0.25, 0.3) is 0 Å². The normalized spacial score (nSPS) is 11.5. The summed E-state index contributed by atoms with van der Waals surface area (Å²) in [6.07, 6.45) is -0.115. The van der Waals surface area contributed by atoms with Crippen molar-refractivity contribution < 1.29 is 9.53 Å². The molecular weight excluding hydrogens is 240 g/mol. The van der Waals surface area contributed by atoms with Crippen LogP contribution in [0.3, 0.4) is 0 Å². The number of likely N-dealkylation sites (N-methyl/N-ethyl adjacent to an activating group) is 1. The van der Waals surface area contributed by atoms with E-state index in [4.69, 9.17) is 10.00 Å². The van der Waals surface area contributed by atoms with E-state index in [9.17, 15) is 4.79 Å². The van der Waals surface area contributed by atoms with Gasteiger partial charge < -0.3 is 9.64 Å². The molecule has 0 aliphatic heterocycles. The predicted octanol–water partition coefficient (Wildman–Crippen LogP) is 2.39. The molecule has 1 amide bonds. The zero-order chi connectivity index (χ0) is 14.3. The van der Waals surface area contributed by atoms with Gasteiger partial charge >= 0.3 is 0 Å². The van der Waals surface area contributed by atoms with Gasteiger partial charge in [-0.1, -0.05) is 12.1 Å². The van der Waals surface area contributed by atoms with E-state index in [0.717, 1.165) is 5.56 Å². The molecule has 19 heavy (non-hydrogen) atoms. The zero-order valence-electron chi connectivity index (χ0n) is 11.7. The fraction of sp³-hybridized carbons (Fsp3) is 0.467.